The van der Waals surface area contributed by atoms with E-state index in [1.54, 1.807) is 11.0 Å². The number of amides is 2. The summed E-state index contributed by atoms with van der Waals surface area (Å²) in [5.41, 5.74) is 2.93. The van der Waals surface area contributed by atoms with Gasteiger partial charge in [0.1, 0.15) is 18.8 Å². The van der Waals surface area contributed by atoms with Gasteiger partial charge < -0.3 is 34.0 Å². The average molecular weight is 596 g/mol. The molecular formula is C30H33N3O10. The van der Waals surface area contributed by atoms with Crippen molar-refractivity contribution in [3.8, 4) is 0 Å². The van der Waals surface area contributed by atoms with Gasteiger partial charge in [0, 0.05) is 33.3 Å². The van der Waals surface area contributed by atoms with Crippen molar-refractivity contribution in [2.24, 2.45) is 5.16 Å². The number of nitrogens with one attached hydrogen (secondary N) is 1. The molecule has 0 radical (unpaired) electrons. The van der Waals surface area contributed by atoms with Gasteiger partial charge in [-0.3, -0.25) is 24.0 Å². The normalized spacial score (nSPS) is 23.7. The molecule has 43 heavy (non-hydrogen) atoms. The van der Waals surface area contributed by atoms with E-state index in [4.69, 9.17) is 23.8 Å². The second-order valence-electron chi connectivity index (χ2n) is 10.2. The first-order chi connectivity index (χ1) is 20.4. The number of esters is 3. The summed E-state index contributed by atoms with van der Waals surface area (Å²) in [5, 5.41) is 6.78. The molecule has 2 aliphatic rings. The first-order valence-electron chi connectivity index (χ1n) is 13.6. The summed E-state index contributed by atoms with van der Waals surface area (Å²) in [4.78, 5) is 68.9. The van der Waals surface area contributed by atoms with Crippen LogP contribution in [0.4, 0.5) is 5.69 Å². The minimum absolute atomic E-state index is 0.0116. The highest BCUT2D eigenvalue weighted by atomic mass is 16.8. The van der Waals surface area contributed by atoms with Crippen LogP contribution in [0.1, 0.15) is 44.4 Å². The fourth-order valence-corrected chi connectivity index (χ4v) is 4.92. The number of nitrogens with zero attached hydrogens (tertiary/aromatic N) is 2. The van der Waals surface area contributed by atoms with Gasteiger partial charge in [0.25, 0.3) is 12.2 Å². The Morgan fingerprint density at radius 1 is 0.930 bits per heavy atom. The van der Waals surface area contributed by atoms with E-state index in [9.17, 15) is 24.0 Å². The lowest BCUT2D eigenvalue weighted by atomic mass is 9.96. The van der Waals surface area contributed by atoms with Crippen LogP contribution in [0, 0.1) is 6.92 Å². The molecule has 1 unspecified atom stereocenters. The highest BCUT2D eigenvalue weighted by Gasteiger charge is 2.52. The number of hydrogen-bond donors (Lipinski definition) is 1. The Bertz CT molecular complexity index is 1430. The van der Waals surface area contributed by atoms with E-state index in [2.05, 4.69) is 10.5 Å². The third kappa shape index (κ3) is 7.55. The van der Waals surface area contributed by atoms with E-state index in [0.29, 0.717) is 11.3 Å². The van der Waals surface area contributed by atoms with Crippen molar-refractivity contribution in [3.05, 3.63) is 65.2 Å². The molecule has 4 rings (SSSR count). The Hall–Kier alpha value is -4.78. The van der Waals surface area contributed by atoms with Crippen LogP contribution in [0.2, 0.25) is 0 Å². The number of benzene rings is 2. The fourth-order valence-electron chi connectivity index (χ4n) is 4.92. The lowest BCUT2D eigenvalue weighted by molar-refractivity contribution is -0.278. The van der Waals surface area contributed by atoms with Crippen LogP contribution in [-0.4, -0.2) is 72.7 Å². The zero-order valence-electron chi connectivity index (χ0n) is 24.4. The molecule has 2 aliphatic heterocycles. The van der Waals surface area contributed by atoms with Gasteiger partial charge >= 0.3 is 17.9 Å². The van der Waals surface area contributed by atoms with E-state index >= 15 is 0 Å². The smallest absolute Gasteiger partial charge is 0.303 e. The molecule has 5 atom stereocenters. The van der Waals surface area contributed by atoms with Crippen molar-refractivity contribution in [2.75, 3.05) is 11.5 Å². The number of rotatable bonds is 9. The minimum Gasteiger partial charge on any atom is -0.463 e. The van der Waals surface area contributed by atoms with Crippen LogP contribution < -0.4 is 10.2 Å². The number of hydrogen-bond acceptors (Lipinski definition) is 11. The van der Waals surface area contributed by atoms with Crippen LogP contribution in [-0.2, 0) is 54.3 Å². The molecule has 0 saturated carbocycles. The van der Waals surface area contributed by atoms with E-state index in [1.165, 1.54) is 13.8 Å². The van der Waals surface area contributed by atoms with Gasteiger partial charge in [-0.25, -0.2) is 0 Å². The Labute approximate surface area is 248 Å². The highest BCUT2D eigenvalue weighted by Crippen LogP contribution is 2.33. The number of oxime groups is 1. The lowest BCUT2D eigenvalue weighted by Gasteiger charge is -2.43. The fraction of sp³-hybridized carbons (Fsp3) is 0.400. The predicted octanol–water partition coefficient (Wildman–Crippen LogP) is 1.92. The quantitative estimate of drug-likeness (QED) is 0.258. The van der Waals surface area contributed by atoms with Crippen LogP contribution >= 0.6 is 0 Å². The summed E-state index contributed by atoms with van der Waals surface area (Å²) < 4.78 is 22.0. The first kappa shape index (κ1) is 31.2. The molecule has 13 nitrogen and oxygen atoms in total. The molecule has 2 aromatic rings. The third-order valence-electron chi connectivity index (χ3n) is 6.65. The van der Waals surface area contributed by atoms with Gasteiger partial charge in [0.2, 0.25) is 5.91 Å². The molecule has 228 valence electrons. The number of ether oxygens (including phenoxy) is 4. The molecule has 0 bridgehead atoms. The number of anilines is 1. The van der Waals surface area contributed by atoms with Gasteiger partial charge in [-0.15, -0.1) is 0 Å². The minimum atomic E-state index is -1.46. The molecular weight excluding hydrogens is 562 g/mol. The van der Waals surface area contributed by atoms with Gasteiger partial charge in [0.15, 0.2) is 17.9 Å². The zero-order valence-corrected chi connectivity index (χ0v) is 24.4. The van der Waals surface area contributed by atoms with Crippen molar-refractivity contribution < 1.29 is 47.8 Å². The largest absolute Gasteiger partial charge is 0.463 e. The number of aryl methyl sites for hydroxylation is 1. The molecule has 1 fully saturated rings. The molecule has 0 aromatic heterocycles. The summed E-state index contributed by atoms with van der Waals surface area (Å²) in [6.45, 7) is 6.44. The standard InChI is InChI=1S/C30H33N3O10/c1-16-11-12-23-22(13-16)25(29(38)33(23)14-21-9-7-6-8-10-21)32-43-30-26(31-17(2)34)28(41-20(5)37)27(40-19(4)36)24(42-30)15-39-18(3)35/h6-13,24,26-28,30H,14-15H2,1-5H3,(H,31,34)/t24-,26-,27-,28-,30?/m1/s1. The van der Waals surface area contributed by atoms with Gasteiger partial charge in [0.05, 0.1) is 12.2 Å². The predicted molar refractivity (Wildman–Crippen MR) is 150 cm³/mol. The molecule has 0 aliphatic carbocycles. The zero-order chi connectivity index (χ0) is 31.3. The summed E-state index contributed by atoms with van der Waals surface area (Å²) in [6, 6.07) is 13.7. The van der Waals surface area contributed by atoms with Crippen molar-refractivity contribution in [1.82, 2.24) is 5.32 Å². The molecule has 2 aromatic carbocycles. The third-order valence-corrected chi connectivity index (χ3v) is 6.65. The molecule has 1 saturated heterocycles. The van der Waals surface area contributed by atoms with Crippen LogP contribution in [0.5, 0.6) is 0 Å². The number of carbonyl (C=O) groups is 5. The SMILES string of the molecule is CC(=O)N[C@H]1C(ON=C2C(=O)N(Cc3ccccc3)c3ccc(C)cc32)O[C@H](COC(C)=O)[C@@H](OC(C)=O)[C@@H]1OC(C)=O. The Morgan fingerprint density at radius 3 is 2.23 bits per heavy atom. The van der Waals surface area contributed by atoms with Crippen molar-refractivity contribution in [3.63, 3.8) is 0 Å². The van der Waals surface area contributed by atoms with Crippen LogP contribution in [0.25, 0.3) is 0 Å². The summed E-state index contributed by atoms with van der Waals surface area (Å²) in [5.74, 6) is -3.09. The van der Waals surface area contributed by atoms with Crippen LogP contribution in [0.3, 0.4) is 0 Å². The number of fused-ring (bicyclic) bond motifs is 1. The topological polar surface area (TPSA) is 159 Å². The summed E-state index contributed by atoms with van der Waals surface area (Å²) >= 11 is 0. The van der Waals surface area contributed by atoms with Crippen LogP contribution in [0.15, 0.2) is 53.7 Å². The van der Waals surface area contributed by atoms with E-state index in [0.717, 1.165) is 25.0 Å². The first-order valence-corrected chi connectivity index (χ1v) is 13.6. The summed E-state index contributed by atoms with van der Waals surface area (Å²) in [7, 11) is 0. The van der Waals surface area contributed by atoms with E-state index in [-0.39, 0.29) is 12.3 Å². The molecule has 2 heterocycles. The molecule has 1 N–H and O–H groups in total. The van der Waals surface area contributed by atoms with E-state index in [1.807, 2.05) is 49.4 Å². The van der Waals surface area contributed by atoms with Crippen molar-refractivity contribution in [2.45, 2.75) is 71.8 Å². The molecule has 2 amide bonds. The van der Waals surface area contributed by atoms with Gasteiger partial charge in [-0.2, -0.15) is 0 Å². The second-order valence-corrected chi connectivity index (χ2v) is 10.2. The van der Waals surface area contributed by atoms with Crippen molar-refractivity contribution in [1.29, 1.82) is 0 Å². The lowest BCUT2D eigenvalue weighted by Crippen LogP contribution is -2.66. The maximum Gasteiger partial charge on any atom is 0.303 e. The monoisotopic (exact) mass is 595 g/mol. The maximum absolute atomic E-state index is 13.7. The maximum atomic E-state index is 13.7. The second kappa shape index (κ2) is 13.5. The molecule has 13 heteroatoms. The molecule has 0 spiro atoms. The van der Waals surface area contributed by atoms with Crippen molar-refractivity contribution >= 4 is 41.1 Å². The number of carbonyl (C=O) groups excluding carboxylic acids is 5. The Balaban J connectivity index is 1.71. The van der Waals surface area contributed by atoms with E-state index < -0.39 is 67.0 Å². The Kier molecular flexibility index (Phi) is 9.76. The highest BCUT2D eigenvalue weighted by molar-refractivity contribution is 6.54. The Morgan fingerprint density at radius 2 is 1.60 bits per heavy atom. The van der Waals surface area contributed by atoms with Gasteiger partial charge in [-0.05, 0) is 24.6 Å². The average Bonchev–Trinajstić information content (AvgIpc) is 3.18. The summed E-state index contributed by atoms with van der Waals surface area (Å²) in [6.07, 6.45) is -5.26. The van der Waals surface area contributed by atoms with Gasteiger partial charge in [-0.1, -0.05) is 47.1 Å².